The lowest BCUT2D eigenvalue weighted by Gasteiger charge is -2.22. The van der Waals surface area contributed by atoms with Crippen LogP contribution >= 0.6 is 11.3 Å². The molecule has 0 unspecified atom stereocenters. The van der Waals surface area contributed by atoms with Crippen molar-refractivity contribution in [3.63, 3.8) is 0 Å². The molecule has 2 heterocycles. The molecule has 114 valence electrons. The van der Waals surface area contributed by atoms with E-state index in [0.717, 1.165) is 10.7 Å². The monoisotopic (exact) mass is 309 g/mol. The molecule has 2 aromatic heterocycles. The minimum absolute atomic E-state index is 0.142. The van der Waals surface area contributed by atoms with Crippen LogP contribution in [-0.4, -0.2) is 35.0 Å². The fourth-order valence-corrected chi connectivity index (χ4v) is 2.98. The zero-order valence-corrected chi connectivity index (χ0v) is 13.7. The molecule has 0 saturated carbocycles. The minimum Gasteiger partial charge on any atom is -0.464 e. The molecule has 0 aliphatic rings. The van der Waals surface area contributed by atoms with Crippen molar-refractivity contribution in [1.82, 2.24) is 14.9 Å². The Labute approximate surface area is 127 Å². The number of esters is 1. The highest BCUT2D eigenvalue weighted by atomic mass is 32.1. The topological polar surface area (TPSA) is 68.5 Å². The molecule has 0 saturated heterocycles. The lowest BCUT2D eigenvalue weighted by Crippen LogP contribution is -2.23. The molecule has 0 aliphatic carbocycles. The average Bonchev–Trinajstić information content (AvgIpc) is 3.03. The number of methoxy groups -OCH3 is 1. The summed E-state index contributed by atoms with van der Waals surface area (Å²) >= 11 is 1.69. The Morgan fingerprint density at radius 3 is 2.76 bits per heavy atom. The third-order valence-electron chi connectivity index (χ3n) is 3.33. The number of nitrogens with zero attached hydrogens (tertiary/aromatic N) is 3. The van der Waals surface area contributed by atoms with Gasteiger partial charge in [0.2, 0.25) is 5.89 Å². The molecule has 0 spiro atoms. The zero-order valence-electron chi connectivity index (χ0n) is 12.8. The summed E-state index contributed by atoms with van der Waals surface area (Å²) in [5, 5.41) is 1.06. The molecule has 6 nitrogen and oxygen atoms in total. The van der Waals surface area contributed by atoms with Crippen LogP contribution in [0.15, 0.2) is 10.7 Å². The first-order chi connectivity index (χ1) is 9.92. The quantitative estimate of drug-likeness (QED) is 0.791. The Morgan fingerprint density at radius 2 is 2.19 bits per heavy atom. The van der Waals surface area contributed by atoms with Crippen molar-refractivity contribution in [1.29, 1.82) is 0 Å². The number of hydrogen-bond donors (Lipinski definition) is 0. The molecule has 0 amide bonds. The van der Waals surface area contributed by atoms with Gasteiger partial charge in [0.1, 0.15) is 6.26 Å². The Balaban J connectivity index is 2.07. The van der Waals surface area contributed by atoms with E-state index in [9.17, 15) is 4.79 Å². The summed E-state index contributed by atoms with van der Waals surface area (Å²) in [4.78, 5) is 23.3. The number of aryl methyl sites for hydroxylation is 2. The Morgan fingerprint density at radius 1 is 1.48 bits per heavy atom. The molecule has 0 fully saturated rings. The van der Waals surface area contributed by atoms with Crippen molar-refractivity contribution in [2.45, 2.75) is 33.4 Å². The maximum absolute atomic E-state index is 11.3. The Bertz CT molecular complexity index is 635. The van der Waals surface area contributed by atoms with Gasteiger partial charge in [0, 0.05) is 4.88 Å². The summed E-state index contributed by atoms with van der Waals surface area (Å²) in [6, 6.07) is 0.142. The number of carbonyl (C=O) groups excluding carboxylic acids is 1. The van der Waals surface area contributed by atoms with Crippen LogP contribution < -0.4 is 0 Å². The molecule has 0 aliphatic heterocycles. The molecule has 0 aromatic carbocycles. The van der Waals surface area contributed by atoms with Crippen molar-refractivity contribution >= 4 is 17.3 Å². The van der Waals surface area contributed by atoms with E-state index in [1.165, 1.54) is 18.3 Å². The number of ether oxygens (including phenoxy) is 1. The fraction of sp³-hybridized carbons (Fsp3) is 0.500. The number of carbonyl (C=O) groups is 1. The molecule has 1 atom stereocenters. The molecule has 0 N–H and O–H groups in total. The predicted molar refractivity (Wildman–Crippen MR) is 79.3 cm³/mol. The van der Waals surface area contributed by atoms with Crippen LogP contribution in [0.25, 0.3) is 0 Å². The SMILES string of the molecule is COC(=O)c1coc(CN(C)[C@H](C)c2nc(C)sc2C)n1. The lowest BCUT2D eigenvalue weighted by molar-refractivity contribution is 0.0594. The third-order valence-corrected chi connectivity index (χ3v) is 4.23. The van der Waals surface area contributed by atoms with E-state index in [-0.39, 0.29) is 11.7 Å². The van der Waals surface area contributed by atoms with E-state index in [2.05, 4.69) is 33.5 Å². The number of aromatic nitrogens is 2. The third kappa shape index (κ3) is 3.48. The molecule has 0 radical (unpaired) electrons. The molecule has 2 aromatic rings. The Kier molecular flexibility index (Phi) is 4.74. The van der Waals surface area contributed by atoms with Gasteiger partial charge in [0.15, 0.2) is 5.69 Å². The highest BCUT2D eigenvalue weighted by Crippen LogP contribution is 2.26. The van der Waals surface area contributed by atoms with Crippen LogP contribution in [-0.2, 0) is 11.3 Å². The van der Waals surface area contributed by atoms with Gasteiger partial charge in [-0.1, -0.05) is 0 Å². The summed E-state index contributed by atoms with van der Waals surface area (Å²) < 4.78 is 9.91. The van der Waals surface area contributed by atoms with Crippen LogP contribution in [0.4, 0.5) is 0 Å². The summed E-state index contributed by atoms with van der Waals surface area (Å²) in [6.07, 6.45) is 1.32. The molecule has 7 heteroatoms. The number of oxazole rings is 1. The summed E-state index contributed by atoms with van der Waals surface area (Å²) in [5.41, 5.74) is 1.26. The maximum Gasteiger partial charge on any atom is 0.360 e. The first kappa shape index (κ1) is 15.7. The smallest absolute Gasteiger partial charge is 0.360 e. The van der Waals surface area contributed by atoms with E-state index >= 15 is 0 Å². The summed E-state index contributed by atoms with van der Waals surface area (Å²) in [7, 11) is 3.29. The normalized spacial score (nSPS) is 12.7. The second-order valence-electron chi connectivity index (χ2n) is 4.88. The highest BCUT2D eigenvalue weighted by molar-refractivity contribution is 7.11. The van der Waals surface area contributed by atoms with Gasteiger partial charge in [-0.15, -0.1) is 11.3 Å². The van der Waals surface area contributed by atoms with Gasteiger partial charge in [-0.2, -0.15) is 0 Å². The van der Waals surface area contributed by atoms with Gasteiger partial charge in [-0.25, -0.2) is 14.8 Å². The van der Waals surface area contributed by atoms with Crippen LogP contribution in [0.5, 0.6) is 0 Å². The summed E-state index contributed by atoms with van der Waals surface area (Å²) in [5.74, 6) is -0.0129. The van der Waals surface area contributed by atoms with Gasteiger partial charge in [-0.3, -0.25) is 4.90 Å². The Hall–Kier alpha value is -1.73. The fourth-order valence-electron chi connectivity index (χ4n) is 2.07. The zero-order chi connectivity index (χ0) is 15.6. The number of hydrogen-bond acceptors (Lipinski definition) is 7. The first-order valence-corrected chi connectivity index (χ1v) is 7.41. The molecular weight excluding hydrogens is 290 g/mol. The van der Waals surface area contributed by atoms with Gasteiger partial charge >= 0.3 is 5.97 Å². The van der Waals surface area contributed by atoms with Crippen LogP contribution in [0.3, 0.4) is 0 Å². The standard InChI is InChI=1S/C14H19N3O3S/c1-8(13-9(2)21-10(3)15-13)17(4)6-12-16-11(7-20-12)14(18)19-5/h7-8H,6H2,1-5H3/t8-/m1/s1. The van der Waals surface area contributed by atoms with E-state index in [1.54, 1.807) is 11.3 Å². The van der Waals surface area contributed by atoms with Crippen LogP contribution in [0.2, 0.25) is 0 Å². The van der Waals surface area contributed by atoms with Crippen molar-refractivity contribution in [2.75, 3.05) is 14.2 Å². The van der Waals surface area contributed by atoms with Gasteiger partial charge in [-0.05, 0) is 27.8 Å². The molecule has 21 heavy (non-hydrogen) atoms. The van der Waals surface area contributed by atoms with Gasteiger partial charge in [0.25, 0.3) is 0 Å². The minimum atomic E-state index is -0.494. The molecule has 2 rings (SSSR count). The average molecular weight is 309 g/mol. The van der Waals surface area contributed by atoms with Crippen molar-refractivity contribution in [3.05, 3.63) is 33.4 Å². The highest BCUT2D eigenvalue weighted by Gasteiger charge is 2.20. The number of rotatable bonds is 5. The summed E-state index contributed by atoms with van der Waals surface area (Å²) in [6.45, 7) is 6.66. The van der Waals surface area contributed by atoms with E-state index in [4.69, 9.17) is 4.42 Å². The molecule has 0 bridgehead atoms. The van der Waals surface area contributed by atoms with Crippen molar-refractivity contribution in [3.8, 4) is 0 Å². The van der Waals surface area contributed by atoms with Gasteiger partial charge < -0.3 is 9.15 Å². The van der Waals surface area contributed by atoms with E-state index in [1.807, 2.05) is 14.0 Å². The maximum atomic E-state index is 11.3. The van der Waals surface area contributed by atoms with E-state index < -0.39 is 5.97 Å². The largest absolute Gasteiger partial charge is 0.464 e. The lowest BCUT2D eigenvalue weighted by atomic mass is 10.2. The van der Waals surface area contributed by atoms with E-state index in [0.29, 0.717) is 12.4 Å². The van der Waals surface area contributed by atoms with Crippen LogP contribution in [0.1, 0.15) is 44.9 Å². The second kappa shape index (κ2) is 6.36. The van der Waals surface area contributed by atoms with Crippen LogP contribution in [0, 0.1) is 13.8 Å². The molecular formula is C14H19N3O3S. The first-order valence-electron chi connectivity index (χ1n) is 6.59. The predicted octanol–water partition coefficient (Wildman–Crippen LogP) is 2.73. The van der Waals surface area contributed by atoms with Crippen molar-refractivity contribution < 1.29 is 13.9 Å². The van der Waals surface area contributed by atoms with Crippen molar-refractivity contribution in [2.24, 2.45) is 0 Å². The second-order valence-corrected chi connectivity index (χ2v) is 6.29. The van der Waals surface area contributed by atoms with Gasteiger partial charge in [0.05, 0.1) is 30.4 Å². The number of thiazole rings is 1.